The number of hydrogen-bond acceptors (Lipinski definition) is 7. The number of rotatable bonds is 9. The molecule has 0 bridgehead atoms. The van der Waals surface area contributed by atoms with Crippen LogP contribution in [-0.4, -0.2) is 72.8 Å². The highest BCUT2D eigenvalue weighted by Gasteiger charge is 2.47. The number of methoxy groups -OCH3 is 1. The molecule has 12 rings (SSSR count). The van der Waals surface area contributed by atoms with E-state index in [1.807, 2.05) is 0 Å². The van der Waals surface area contributed by atoms with Crippen molar-refractivity contribution in [3.05, 3.63) is 143 Å². The fraction of sp³-hybridized carbons (Fsp3) is 0.379. The van der Waals surface area contributed by atoms with Gasteiger partial charge in [-0.1, -0.05) is 86.7 Å². The lowest BCUT2D eigenvalue weighted by molar-refractivity contribution is 0.122. The summed E-state index contributed by atoms with van der Waals surface area (Å²) in [5.41, 5.74) is 13.8. The SMILES string of the molecule is CCC1(CC)c2cc(-c3ccccc3)ccc2-c2c1c1c(c3cc(OC)c(N4CCOCC4)cc23)OC(c2ccc(N3CCOCC3)cc2)(c2ccc(N3CCC4C[C@@H]4CC3)cc2)C=C1. The van der Waals surface area contributed by atoms with Crippen LogP contribution < -0.4 is 24.2 Å². The molecule has 1 saturated carbocycles. The molecular formula is C58H61N3O4. The molecule has 0 N–H and O–H groups in total. The maximum Gasteiger partial charge on any atom is 0.178 e. The molecule has 0 spiro atoms. The van der Waals surface area contributed by atoms with Crippen LogP contribution in [0.3, 0.4) is 0 Å². The zero-order chi connectivity index (χ0) is 43.7. The Morgan fingerprint density at radius 2 is 1.25 bits per heavy atom. The molecule has 6 aliphatic rings. The summed E-state index contributed by atoms with van der Waals surface area (Å²) in [5.74, 6) is 3.64. The quantitative estimate of drug-likeness (QED) is 0.143. The Balaban J connectivity index is 1.07. The van der Waals surface area contributed by atoms with Gasteiger partial charge in [0.25, 0.3) is 0 Å². The van der Waals surface area contributed by atoms with Gasteiger partial charge >= 0.3 is 0 Å². The Hall–Kier alpha value is -5.76. The van der Waals surface area contributed by atoms with Gasteiger partial charge in [0.15, 0.2) is 5.60 Å². The van der Waals surface area contributed by atoms with E-state index in [2.05, 4.69) is 150 Å². The summed E-state index contributed by atoms with van der Waals surface area (Å²) < 4.78 is 25.9. The van der Waals surface area contributed by atoms with Crippen molar-refractivity contribution in [2.75, 3.05) is 87.5 Å². The zero-order valence-electron chi connectivity index (χ0n) is 38.3. The minimum Gasteiger partial charge on any atom is -0.495 e. The normalized spacial score (nSPS) is 23.0. The van der Waals surface area contributed by atoms with E-state index in [-0.39, 0.29) is 5.41 Å². The van der Waals surface area contributed by atoms with Gasteiger partial charge in [-0.3, -0.25) is 0 Å². The van der Waals surface area contributed by atoms with Crippen molar-refractivity contribution in [2.45, 2.75) is 57.0 Å². The summed E-state index contributed by atoms with van der Waals surface area (Å²) in [5, 5.41) is 2.28. The van der Waals surface area contributed by atoms with E-state index in [1.165, 1.54) is 75.0 Å². The maximum atomic E-state index is 7.98. The smallest absolute Gasteiger partial charge is 0.178 e. The summed E-state index contributed by atoms with van der Waals surface area (Å²) in [4.78, 5) is 7.47. The molecule has 4 fully saturated rings. The molecule has 7 nitrogen and oxygen atoms in total. The Labute approximate surface area is 384 Å². The number of hydrogen-bond donors (Lipinski definition) is 0. The minimum absolute atomic E-state index is 0.226. The Kier molecular flexibility index (Phi) is 10.2. The number of nitrogens with zero attached hydrogens (tertiary/aromatic N) is 3. The van der Waals surface area contributed by atoms with Gasteiger partial charge < -0.3 is 33.6 Å². The van der Waals surface area contributed by atoms with Crippen LogP contribution in [0.1, 0.15) is 73.8 Å². The molecule has 4 heterocycles. The third kappa shape index (κ3) is 6.67. The van der Waals surface area contributed by atoms with E-state index in [4.69, 9.17) is 18.9 Å². The molecule has 0 aromatic heterocycles. The van der Waals surface area contributed by atoms with Crippen LogP contribution in [0, 0.1) is 11.8 Å². The number of anilines is 3. The van der Waals surface area contributed by atoms with Crippen LogP contribution in [-0.2, 0) is 20.5 Å². The molecule has 7 heteroatoms. The lowest BCUT2D eigenvalue weighted by Gasteiger charge is -2.40. The predicted molar refractivity (Wildman–Crippen MR) is 265 cm³/mol. The van der Waals surface area contributed by atoms with Crippen LogP contribution in [0.4, 0.5) is 17.1 Å². The monoisotopic (exact) mass is 863 g/mol. The van der Waals surface area contributed by atoms with E-state index < -0.39 is 5.60 Å². The summed E-state index contributed by atoms with van der Waals surface area (Å²) >= 11 is 0. The van der Waals surface area contributed by atoms with E-state index in [0.29, 0.717) is 13.2 Å². The van der Waals surface area contributed by atoms with Gasteiger partial charge in [0.1, 0.15) is 11.5 Å². The van der Waals surface area contributed by atoms with Gasteiger partial charge in [0, 0.05) is 78.1 Å². The second kappa shape index (κ2) is 16.3. The van der Waals surface area contributed by atoms with Crippen molar-refractivity contribution in [3.63, 3.8) is 0 Å². The van der Waals surface area contributed by atoms with E-state index >= 15 is 0 Å². The molecule has 2 unspecified atom stereocenters. The number of morpholine rings is 2. The maximum absolute atomic E-state index is 7.98. The Bertz CT molecular complexity index is 2760. The minimum atomic E-state index is -0.889. The summed E-state index contributed by atoms with van der Waals surface area (Å²) in [7, 11) is 1.81. The van der Waals surface area contributed by atoms with Crippen molar-refractivity contribution < 1.29 is 18.9 Å². The van der Waals surface area contributed by atoms with Gasteiger partial charge in [-0.2, -0.15) is 0 Å². The fourth-order valence-corrected chi connectivity index (χ4v) is 12.4. The third-order valence-corrected chi connectivity index (χ3v) is 16.2. The van der Waals surface area contributed by atoms with Crippen molar-refractivity contribution in [2.24, 2.45) is 11.8 Å². The van der Waals surface area contributed by atoms with E-state index in [9.17, 15) is 0 Å². The molecule has 0 radical (unpaired) electrons. The summed E-state index contributed by atoms with van der Waals surface area (Å²) in [6, 6.07) is 41.3. The van der Waals surface area contributed by atoms with Crippen LogP contribution in [0.2, 0.25) is 0 Å². The lowest BCUT2D eigenvalue weighted by Crippen LogP contribution is -2.37. The van der Waals surface area contributed by atoms with Crippen LogP contribution in [0.25, 0.3) is 39.1 Å². The number of benzene rings is 6. The molecule has 4 aliphatic heterocycles. The summed E-state index contributed by atoms with van der Waals surface area (Å²) in [6.45, 7) is 13.3. The largest absolute Gasteiger partial charge is 0.495 e. The predicted octanol–water partition coefficient (Wildman–Crippen LogP) is 11.9. The van der Waals surface area contributed by atoms with Crippen molar-refractivity contribution in [3.8, 4) is 33.8 Å². The molecule has 332 valence electrons. The Morgan fingerprint density at radius 3 is 1.86 bits per heavy atom. The Morgan fingerprint density at radius 1 is 0.631 bits per heavy atom. The average molecular weight is 864 g/mol. The first-order valence-corrected chi connectivity index (χ1v) is 24.4. The highest BCUT2D eigenvalue weighted by molar-refractivity contribution is 6.10. The van der Waals surface area contributed by atoms with Gasteiger partial charge in [-0.05, 0) is 131 Å². The zero-order valence-corrected chi connectivity index (χ0v) is 38.3. The summed E-state index contributed by atoms with van der Waals surface area (Å²) in [6.07, 6.45) is 10.8. The highest BCUT2D eigenvalue weighted by Crippen LogP contribution is 2.62. The molecule has 6 aromatic rings. The van der Waals surface area contributed by atoms with Crippen molar-refractivity contribution in [1.82, 2.24) is 0 Å². The standard InChI is InChI=1S/C58H61N3O4/c1-4-57(5-2)51-36-40(39-9-7-6-8-10-39)11-20-47(51)54-49-37-52(61-29-33-64-34-30-61)53(62-3)38-50(49)56-48(55(54)57)21-24-58(65-56,44-14-18-46(19-15-44)60-27-31-63-32-28-60)43-12-16-45(17-13-43)59-25-22-41-35-42(41)23-26-59/h6-21,24,36-38,41-42H,4-5,22-23,25-35H2,1-3H3/t41-,42?,58?/m0/s1. The van der Waals surface area contributed by atoms with Crippen molar-refractivity contribution >= 4 is 33.9 Å². The molecule has 3 atom stereocenters. The van der Waals surface area contributed by atoms with Crippen molar-refractivity contribution in [1.29, 1.82) is 0 Å². The first-order valence-electron chi connectivity index (χ1n) is 24.4. The van der Waals surface area contributed by atoms with Gasteiger partial charge in [-0.15, -0.1) is 0 Å². The first kappa shape index (κ1) is 40.7. The third-order valence-electron chi connectivity index (χ3n) is 16.2. The molecule has 2 aliphatic carbocycles. The fourth-order valence-electron chi connectivity index (χ4n) is 12.4. The van der Waals surface area contributed by atoms with Gasteiger partial charge in [0.05, 0.1) is 39.2 Å². The molecular weight excluding hydrogens is 803 g/mol. The van der Waals surface area contributed by atoms with Gasteiger partial charge in [-0.25, -0.2) is 0 Å². The van der Waals surface area contributed by atoms with Gasteiger partial charge in [0.2, 0.25) is 0 Å². The van der Waals surface area contributed by atoms with Crippen LogP contribution >= 0.6 is 0 Å². The second-order valence-electron chi connectivity index (χ2n) is 19.3. The van der Waals surface area contributed by atoms with E-state index in [1.54, 1.807) is 7.11 Å². The van der Waals surface area contributed by atoms with E-state index in [0.717, 1.165) is 111 Å². The van der Waals surface area contributed by atoms with Crippen LogP contribution in [0.5, 0.6) is 11.5 Å². The topological polar surface area (TPSA) is 46.6 Å². The molecule has 65 heavy (non-hydrogen) atoms. The lowest BCUT2D eigenvalue weighted by atomic mass is 9.70. The first-order chi connectivity index (χ1) is 32.0. The second-order valence-corrected chi connectivity index (χ2v) is 19.3. The molecule has 3 saturated heterocycles. The number of ether oxygens (including phenoxy) is 4. The molecule has 0 amide bonds. The molecule has 6 aromatic carbocycles. The number of fused-ring (bicyclic) bond motifs is 9. The average Bonchev–Trinajstić information content (AvgIpc) is 4.12. The van der Waals surface area contributed by atoms with Crippen LogP contribution in [0.15, 0.2) is 115 Å². The highest BCUT2D eigenvalue weighted by atomic mass is 16.5.